The molecule has 0 radical (unpaired) electrons. The Labute approximate surface area is 184 Å². The van der Waals surface area contributed by atoms with Crippen molar-refractivity contribution in [1.29, 1.82) is 0 Å². The molecule has 0 saturated carbocycles. The Hall–Kier alpha value is -2.86. The summed E-state index contributed by atoms with van der Waals surface area (Å²) in [6.45, 7) is 4.31. The van der Waals surface area contributed by atoms with E-state index in [0.717, 1.165) is 38.2 Å². The summed E-state index contributed by atoms with van der Waals surface area (Å²) in [4.78, 5) is 29.5. The molecule has 0 bridgehead atoms. The number of ether oxygens (including phenoxy) is 1. The third kappa shape index (κ3) is 5.85. The molecule has 2 aromatic carbocycles. The average Bonchev–Trinajstić information content (AvgIpc) is 3.20. The van der Waals surface area contributed by atoms with Crippen LogP contribution in [0.25, 0.3) is 0 Å². The zero-order valence-electron chi connectivity index (χ0n) is 17.9. The Morgan fingerprint density at radius 1 is 1.00 bits per heavy atom. The highest BCUT2D eigenvalue weighted by molar-refractivity contribution is 5.89. The van der Waals surface area contributed by atoms with E-state index >= 15 is 0 Å². The molecule has 1 N–H and O–H groups in total. The van der Waals surface area contributed by atoms with Gasteiger partial charge in [-0.05, 0) is 30.5 Å². The molecule has 0 spiro atoms. The number of nitrogens with zero attached hydrogens (tertiary/aromatic N) is 2. The predicted octanol–water partition coefficient (Wildman–Crippen LogP) is 2.69. The van der Waals surface area contributed by atoms with Crippen molar-refractivity contribution in [3.05, 3.63) is 66.2 Å². The second-order valence-corrected chi connectivity index (χ2v) is 8.39. The minimum atomic E-state index is -0.258. The van der Waals surface area contributed by atoms with Crippen LogP contribution in [0.4, 0.5) is 0 Å². The summed E-state index contributed by atoms with van der Waals surface area (Å²) < 4.78 is 5.61. The van der Waals surface area contributed by atoms with Crippen molar-refractivity contribution in [2.45, 2.75) is 31.8 Å². The van der Waals surface area contributed by atoms with Crippen LogP contribution in [-0.2, 0) is 16.1 Å². The van der Waals surface area contributed by atoms with Crippen LogP contribution >= 0.6 is 0 Å². The van der Waals surface area contributed by atoms with E-state index in [1.165, 1.54) is 5.56 Å². The lowest BCUT2D eigenvalue weighted by molar-refractivity contribution is -0.131. The summed E-state index contributed by atoms with van der Waals surface area (Å²) in [5.74, 6) is 0.598. The van der Waals surface area contributed by atoms with E-state index in [9.17, 15) is 9.59 Å². The van der Waals surface area contributed by atoms with E-state index in [0.29, 0.717) is 26.1 Å². The molecule has 6 nitrogen and oxygen atoms in total. The van der Waals surface area contributed by atoms with Crippen LogP contribution in [0.3, 0.4) is 0 Å². The van der Waals surface area contributed by atoms with Gasteiger partial charge in [0.15, 0.2) is 0 Å². The maximum Gasteiger partial charge on any atom is 0.225 e. The molecule has 2 aliphatic heterocycles. The number of amides is 2. The highest BCUT2D eigenvalue weighted by Gasteiger charge is 2.38. The summed E-state index contributed by atoms with van der Waals surface area (Å²) in [6, 6.07) is 20.3. The van der Waals surface area contributed by atoms with Crippen molar-refractivity contribution in [2.24, 2.45) is 5.92 Å². The summed E-state index contributed by atoms with van der Waals surface area (Å²) >= 11 is 0. The van der Waals surface area contributed by atoms with Gasteiger partial charge < -0.3 is 15.0 Å². The molecule has 6 heteroatoms. The Morgan fingerprint density at radius 2 is 1.68 bits per heavy atom. The maximum atomic E-state index is 12.6. The zero-order valence-corrected chi connectivity index (χ0v) is 17.9. The number of carbonyl (C=O) groups is 2. The van der Waals surface area contributed by atoms with Gasteiger partial charge in [0.1, 0.15) is 12.4 Å². The molecule has 0 aromatic heterocycles. The van der Waals surface area contributed by atoms with Crippen molar-refractivity contribution in [3.8, 4) is 5.75 Å². The zero-order chi connectivity index (χ0) is 21.5. The van der Waals surface area contributed by atoms with Gasteiger partial charge in [-0.2, -0.15) is 0 Å². The van der Waals surface area contributed by atoms with Crippen molar-refractivity contribution in [2.75, 3.05) is 32.8 Å². The molecule has 2 amide bonds. The summed E-state index contributed by atoms with van der Waals surface area (Å²) in [7, 11) is 0. The molecule has 164 valence electrons. The number of benzene rings is 2. The third-order valence-corrected chi connectivity index (χ3v) is 6.19. The maximum absolute atomic E-state index is 12.6. The van der Waals surface area contributed by atoms with Crippen LogP contribution < -0.4 is 10.1 Å². The van der Waals surface area contributed by atoms with Gasteiger partial charge in [-0.15, -0.1) is 0 Å². The van der Waals surface area contributed by atoms with E-state index in [1.807, 2.05) is 41.3 Å². The van der Waals surface area contributed by atoms with Crippen molar-refractivity contribution in [1.82, 2.24) is 15.1 Å². The van der Waals surface area contributed by atoms with Crippen LogP contribution in [0.1, 0.15) is 24.8 Å². The number of nitrogens with one attached hydrogen (secondary N) is 1. The number of para-hydroxylation sites is 1. The van der Waals surface area contributed by atoms with Crippen molar-refractivity contribution < 1.29 is 14.3 Å². The molecule has 2 saturated heterocycles. The molecule has 1 unspecified atom stereocenters. The van der Waals surface area contributed by atoms with Gasteiger partial charge in [0, 0.05) is 38.6 Å². The van der Waals surface area contributed by atoms with Gasteiger partial charge in [-0.3, -0.25) is 14.5 Å². The topological polar surface area (TPSA) is 61.9 Å². The van der Waals surface area contributed by atoms with Crippen LogP contribution in [0.2, 0.25) is 0 Å². The minimum absolute atomic E-state index is 0.0472. The molecular formula is C25H31N3O3. The molecule has 31 heavy (non-hydrogen) atoms. The highest BCUT2D eigenvalue weighted by Crippen LogP contribution is 2.26. The fourth-order valence-electron chi connectivity index (χ4n) is 4.50. The van der Waals surface area contributed by atoms with Crippen LogP contribution in [0.15, 0.2) is 60.7 Å². The van der Waals surface area contributed by atoms with E-state index in [4.69, 9.17) is 4.74 Å². The molecule has 1 atom stereocenters. The van der Waals surface area contributed by atoms with E-state index < -0.39 is 0 Å². The first-order valence-corrected chi connectivity index (χ1v) is 11.2. The number of piperidine rings is 1. The first kappa shape index (κ1) is 21.4. The molecule has 2 fully saturated rings. The van der Waals surface area contributed by atoms with Crippen molar-refractivity contribution in [3.63, 3.8) is 0 Å². The van der Waals surface area contributed by atoms with Gasteiger partial charge in [0.05, 0.1) is 12.5 Å². The smallest absolute Gasteiger partial charge is 0.225 e. The Balaban J connectivity index is 1.18. The van der Waals surface area contributed by atoms with Gasteiger partial charge in [-0.25, -0.2) is 0 Å². The molecule has 0 aliphatic carbocycles. The molecular weight excluding hydrogens is 390 g/mol. The third-order valence-electron chi connectivity index (χ3n) is 6.19. The molecule has 2 aliphatic rings. The van der Waals surface area contributed by atoms with Crippen LogP contribution in [0, 0.1) is 5.92 Å². The Morgan fingerprint density at radius 3 is 2.39 bits per heavy atom. The van der Waals surface area contributed by atoms with E-state index in [2.05, 4.69) is 34.5 Å². The van der Waals surface area contributed by atoms with Gasteiger partial charge in [-0.1, -0.05) is 48.5 Å². The number of carbonyl (C=O) groups excluding carboxylic acids is 2. The Kier molecular flexibility index (Phi) is 7.20. The summed E-state index contributed by atoms with van der Waals surface area (Å²) in [5, 5.41) is 2.92. The first-order chi connectivity index (χ1) is 15.2. The second kappa shape index (κ2) is 10.4. The molecule has 2 aromatic rings. The van der Waals surface area contributed by atoms with Crippen LogP contribution in [-0.4, -0.2) is 60.4 Å². The quantitative estimate of drug-likeness (QED) is 0.666. The highest BCUT2D eigenvalue weighted by atomic mass is 16.5. The van der Waals surface area contributed by atoms with Crippen LogP contribution in [0.5, 0.6) is 5.75 Å². The van der Waals surface area contributed by atoms with Gasteiger partial charge in [0.2, 0.25) is 11.8 Å². The lowest BCUT2D eigenvalue weighted by atomic mass is 10.0. The van der Waals surface area contributed by atoms with E-state index in [1.54, 1.807) is 0 Å². The fourth-order valence-corrected chi connectivity index (χ4v) is 4.50. The predicted molar refractivity (Wildman–Crippen MR) is 120 cm³/mol. The lowest BCUT2D eigenvalue weighted by Gasteiger charge is -2.36. The average molecular weight is 422 g/mol. The van der Waals surface area contributed by atoms with E-state index in [-0.39, 0.29) is 23.8 Å². The molecule has 2 heterocycles. The summed E-state index contributed by atoms with van der Waals surface area (Å²) in [5.41, 5.74) is 1.33. The van der Waals surface area contributed by atoms with Crippen molar-refractivity contribution >= 4 is 11.8 Å². The molecule has 4 rings (SSSR count). The summed E-state index contributed by atoms with van der Waals surface area (Å²) in [6.07, 6.45) is 2.26. The Bertz CT molecular complexity index is 851. The first-order valence-electron chi connectivity index (χ1n) is 11.2. The fraction of sp³-hybridized carbons (Fsp3) is 0.440. The SMILES string of the molecule is O=C(NCCOc1ccccc1)C1CC(=O)N(C2CCN(Cc3ccccc3)CC2)C1. The number of likely N-dealkylation sites (tertiary alicyclic amines) is 2. The number of hydrogen-bond donors (Lipinski definition) is 1. The second-order valence-electron chi connectivity index (χ2n) is 8.39. The van der Waals surface area contributed by atoms with Gasteiger partial charge >= 0.3 is 0 Å². The number of hydrogen-bond acceptors (Lipinski definition) is 4. The monoisotopic (exact) mass is 421 g/mol. The van der Waals surface area contributed by atoms with Gasteiger partial charge in [0.25, 0.3) is 0 Å². The number of rotatable bonds is 8. The lowest BCUT2D eigenvalue weighted by Crippen LogP contribution is -2.45. The minimum Gasteiger partial charge on any atom is -0.492 e. The normalized spacial score (nSPS) is 20.1. The standard InChI is InChI=1S/C25H31N3O3/c29-24-17-21(25(30)26-13-16-31-23-9-5-2-6-10-23)19-28(24)22-11-14-27(15-12-22)18-20-7-3-1-4-8-20/h1-10,21-22H,11-19H2,(H,26,30). The largest absolute Gasteiger partial charge is 0.492 e.